The molecule has 0 aliphatic heterocycles. The van der Waals surface area contributed by atoms with Crippen LogP contribution >= 0.6 is 0 Å². The van der Waals surface area contributed by atoms with Crippen LogP contribution in [0, 0.1) is 11.8 Å². The van der Waals surface area contributed by atoms with Gasteiger partial charge in [0.25, 0.3) is 0 Å². The number of carbonyl (C=O) groups is 5. The molecular weight excluding hydrogens is 556 g/mol. The lowest BCUT2D eigenvalue weighted by molar-refractivity contribution is -0.146. The Labute approximate surface area is 252 Å². The number of aromatic amines is 1. The molecule has 0 saturated heterocycles. The van der Waals surface area contributed by atoms with Gasteiger partial charge in [0.15, 0.2) is 0 Å². The van der Waals surface area contributed by atoms with Gasteiger partial charge in [-0.2, -0.15) is 0 Å². The standard InChI is InChI=1S/C31H46N4O8/c1-6-18(4)28(34-25(37)13-14-26(38)39)31(42)35-29(19(5)7-2)30(41)33-23(24(36)16-27(40)43-8-3)15-20-17-32-22-12-10-9-11-21(20)22/h9-12,17-19,23-24,28-29,32,36H,6-8,13-16H2,1-5H3,(H,33,41)(H,34,37)(H,35,42)(H,38,39)/t18-,19-,23-,24?,28-,29-/m0/s1. The number of carboxylic acids is 1. The van der Waals surface area contributed by atoms with E-state index in [4.69, 9.17) is 9.84 Å². The first kappa shape index (κ1) is 35.3. The summed E-state index contributed by atoms with van der Waals surface area (Å²) in [4.78, 5) is 65.9. The van der Waals surface area contributed by atoms with Crippen LogP contribution in [0.4, 0.5) is 0 Å². The Balaban J connectivity index is 2.30. The fourth-order valence-electron chi connectivity index (χ4n) is 4.74. The lowest BCUT2D eigenvalue weighted by Crippen LogP contribution is -2.59. The lowest BCUT2D eigenvalue weighted by Gasteiger charge is -2.31. The highest BCUT2D eigenvalue weighted by molar-refractivity contribution is 5.93. The first-order valence-corrected chi connectivity index (χ1v) is 14.9. The lowest BCUT2D eigenvalue weighted by atomic mass is 9.93. The number of aliphatic carboxylic acids is 1. The molecule has 2 rings (SSSR count). The van der Waals surface area contributed by atoms with E-state index in [0.717, 1.165) is 16.5 Å². The number of fused-ring (bicyclic) bond motifs is 1. The number of nitrogens with one attached hydrogen (secondary N) is 4. The third-order valence-corrected chi connectivity index (χ3v) is 7.76. The summed E-state index contributed by atoms with van der Waals surface area (Å²) in [7, 11) is 0. The zero-order chi connectivity index (χ0) is 32.1. The van der Waals surface area contributed by atoms with Crippen molar-refractivity contribution in [2.45, 2.75) is 97.4 Å². The summed E-state index contributed by atoms with van der Waals surface area (Å²) in [5.41, 5.74) is 1.71. The van der Waals surface area contributed by atoms with Gasteiger partial charge >= 0.3 is 11.9 Å². The molecule has 12 heteroatoms. The molecule has 43 heavy (non-hydrogen) atoms. The van der Waals surface area contributed by atoms with Crippen molar-refractivity contribution in [3.63, 3.8) is 0 Å². The van der Waals surface area contributed by atoms with E-state index < -0.39 is 53.9 Å². The van der Waals surface area contributed by atoms with Crippen LogP contribution < -0.4 is 16.0 Å². The van der Waals surface area contributed by atoms with E-state index in [9.17, 15) is 29.1 Å². The second kappa shape index (κ2) is 17.3. The van der Waals surface area contributed by atoms with Gasteiger partial charge in [0.1, 0.15) is 12.1 Å². The van der Waals surface area contributed by atoms with Gasteiger partial charge in [0.2, 0.25) is 17.7 Å². The molecule has 0 bridgehead atoms. The maximum Gasteiger partial charge on any atom is 0.308 e. The molecule has 0 saturated carbocycles. The number of aromatic nitrogens is 1. The minimum absolute atomic E-state index is 0.150. The van der Waals surface area contributed by atoms with Crippen molar-refractivity contribution in [1.29, 1.82) is 0 Å². The molecule has 6 atom stereocenters. The Bertz CT molecular complexity index is 1250. The van der Waals surface area contributed by atoms with Gasteiger partial charge in [-0.25, -0.2) is 0 Å². The maximum atomic E-state index is 13.7. The number of carboxylic acid groups (broad SMARTS) is 1. The fraction of sp³-hybridized carbons (Fsp3) is 0.581. The molecule has 1 aromatic carbocycles. The molecule has 0 aliphatic carbocycles. The molecule has 0 aliphatic rings. The average Bonchev–Trinajstić information content (AvgIpc) is 3.38. The highest BCUT2D eigenvalue weighted by Crippen LogP contribution is 2.21. The van der Waals surface area contributed by atoms with E-state index in [-0.39, 0.29) is 44.1 Å². The average molecular weight is 603 g/mol. The van der Waals surface area contributed by atoms with Crippen LogP contribution in [0.25, 0.3) is 10.9 Å². The van der Waals surface area contributed by atoms with Crippen LogP contribution in [-0.2, 0) is 35.1 Å². The van der Waals surface area contributed by atoms with Crippen molar-refractivity contribution < 1.29 is 38.9 Å². The highest BCUT2D eigenvalue weighted by Gasteiger charge is 2.34. The van der Waals surface area contributed by atoms with E-state index in [0.29, 0.717) is 12.8 Å². The van der Waals surface area contributed by atoms with E-state index in [2.05, 4.69) is 20.9 Å². The molecule has 238 valence electrons. The quantitative estimate of drug-likeness (QED) is 0.140. The van der Waals surface area contributed by atoms with Gasteiger partial charge in [0.05, 0.1) is 31.6 Å². The summed E-state index contributed by atoms with van der Waals surface area (Å²) in [6, 6.07) is 4.70. The number of hydrogen-bond donors (Lipinski definition) is 6. The number of carbonyl (C=O) groups excluding carboxylic acids is 4. The molecule has 0 radical (unpaired) electrons. The van der Waals surface area contributed by atoms with Crippen molar-refractivity contribution in [1.82, 2.24) is 20.9 Å². The number of hydrogen-bond acceptors (Lipinski definition) is 7. The first-order valence-electron chi connectivity index (χ1n) is 14.9. The number of para-hydroxylation sites is 1. The van der Waals surface area contributed by atoms with Crippen molar-refractivity contribution in [3.05, 3.63) is 36.0 Å². The number of benzene rings is 1. The summed E-state index contributed by atoms with van der Waals surface area (Å²) in [5, 5.41) is 29.1. The van der Waals surface area contributed by atoms with Crippen LogP contribution in [0.15, 0.2) is 30.5 Å². The van der Waals surface area contributed by atoms with E-state index in [1.54, 1.807) is 27.0 Å². The summed E-state index contributed by atoms with van der Waals surface area (Å²) in [6.07, 6.45) is 0.820. The molecule has 3 amide bonds. The summed E-state index contributed by atoms with van der Waals surface area (Å²) in [6.45, 7) is 9.12. The number of aliphatic hydroxyl groups is 1. The molecule has 6 N–H and O–H groups in total. The Hall–Kier alpha value is -3.93. The minimum Gasteiger partial charge on any atom is -0.481 e. The van der Waals surface area contributed by atoms with E-state index in [1.807, 2.05) is 38.1 Å². The predicted molar refractivity (Wildman–Crippen MR) is 161 cm³/mol. The van der Waals surface area contributed by atoms with Crippen molar-refractivity contribution in [2.24, 2.45) is 11.8 Å². The second-order valence-corrected chi connectivity index (χ2v) is 11.0. The van der Waals surface area contributed by atoms with Gasteiger partial charge in [0, 0.05) is 23.5 Å². The third kappa shape index (κ3) is 10.7. The topological polar surface area (TPSA) is 187 Å². The smallest absolute Gasteiger partial charge is 0.308 e. The van der Waals surface area contributed by atoms with Crippen molar-refractivity contribution in [3.8, 4) is 0 Å². The molecule has 0 spiro atoms. The first-order chi connectivity index (χ1) is 20.4. The van der Waals surface area contributed by atoms with Crippen LogP contribution in [0.3, 0.4) is 0 Å². The molecule has 2 aromatic rings. The predicted octanol–water partition coefficient (Wildman–Crippen LogP) is 2.44. The van der Waals surface area contributed by atoms with E-state index in [1.165, 1.54) is 0 Å². The summed E-state index contributed by atoms with van der Waals surface area (Å²) in [5.74, 6) is -4.03. The van der Waals surface area contributed by atoms with Gasteiger partial charge in [-0.1, -0.05) is 58.7 Å². The number of esters is 1. The molecular formula is C31H46N4O8. The molecule has 1 unspecified atom stereocenters. The van der Waals surface area contributed by atoms with Crippen molar-refractivity contribution >= 4 is 40.6 Å². The van der Waals surface area contributed by atoms with Gasteiger partial charge in [-0.3, -0.25) is 24.0 Å². The van der Waals surface area contributed by atoms with Crippen LogP contribution in [-0.4, -0.2) is 75.7 Å². The molecule has 1 aromatic heterocycles. The monoisotopic (exact) mass is 602 g/mol. The van der Waals surface area contributed by atoms with Crippen LogP contribution in [0.5, 0.6) is 0 Å². The third-order valence-electron chi connectivity index (χ3n) is 7.76. The Morgan fingerprint density at radius 2 is 1.49 bits per heavy atom. The zero-order valence-corrected chi connectivity index (χ0v) is 25.6. The normalized spacial score (nSPS) is 15.4. The summed E-state index contributed by atoms with van der Waals surface area (Å²) < 4.78 is 5.01. The summed E-state index contributed by atoms with van der Waals surface area (Å²) >= 11 is 0. The minimum atomic E-state index is -1.27. The van der Waals surface area contributed by atoms with Gasteiger partial charge in [-0.15, -0.1) is 0 Å². The molecule has 0 fully saturated rings. The number of aliphatic hydroxyl groups excluding tert-OH is 1. The number of ether oxygens (including phenoxy) is 1. The largest absolute Gasteiger partial charge is 0.481 e. The zero-order valence-electron chi connectivity index (χ0n) is 25.6. The molecule has 1 heterocycles. The van der Waals surface area contributed by atoms with Gasteiger partial charge < -0.3 is 35.9 Å². The Morgan fingerprint density at radius 1 is 0.884 bits per heavy atom. The fourth-order valence-corrected chi connectivity index (χ4v) is 4.74. The van der Waals surface area contributed by atoms with Crippen LogP contribution in [0.2, 0.25) is 0 Å². The molecule has 12 nitrogen and oxygen atoms in total. The van der Waals surface area contributed by atoms with Crippen LogP contribution in [0.1, 0.15) is 72.3 Å². The number of H-pyrrole nitrogens is 1. The Kier molecular flexibility index (Phi) is 14.1. The maximum absolute atomic E-state index is 13.7. The SMILES string of the molecule is CCOC(=O)CC(O)[C@H](Cc1c[nH]c2ccccc12)NC(=O)[C@@H](NC(=O)[C@@H](NC(=O)CCC(=O)O)[C@@H](C)CC)[C@@H](C)CC. The van der Waals surface area contributed by atoms with Gasteiger partial charge in [-0.05, 0) is 36.8 Å². The van der Waals surface area contributed by atoms with E-state index >= 15 is 0 Å². The number of rotatable bonds is 18. The second-order valence-electron chi connectivity index (χ2n) is 11.0. The highest BCUT2D eigenvalue weighted by atomic mass is 16.5. The Morgan fingerprint density at radius 3 is 2.09 bits per heavy atom. The van der Waals surface area contributed by atoms with Crippen molar-refractivity contribution in [2.75, 3.05) is 6.61 Å². The number of amides is 3.